The molecule has 12 heteroatoms. The van der Waals surface area contributed by atoms with Crippen molar-refractivity contribution in [2.45, 2.75) is 16.6 Å². The second-order valence-electron chi connectivity index (χ2n) is 3.52. The Balaban J connectivity index is 2.33. The molecule has 0 spiro atoms. The van der Waals surface area contributed by atoms with E-state index in [1.807, 2.05) is 0 Å². The summed E-state index contributed by atoms with van der Waals surface area (Å²) >= 11 is 4.14. The van der Waals surface area contributed by atoms with Gasteiger partial charge in [-0.1, -0.05) is 0 Å². The van der Waals surface area contributed by atoms with E-state index in [0.29, 0.717) is 4.47 Å². The van der Waals surface area contributed by atoms with Gasteiger partial charge in [0.1, 0.15) is 17.6 Å². The second-order valence-corrected chi connectivity index (χ2v) is 5.36. The topological polar surface area (TPSA) is 126 Å². The van der Waals surface area contributed by atoms with Crippen LogP contribution < -0.4 is 0 Å². The summed E-state index contributed by atoms with van der Waals surface area (Å²) in [6.07, 6.45) is 2.55. The average molecular weight is 375 g/mol. The maximum atomic E-state index is 11.3. The number of carbonyl (C=O) groups excluding carboxylic acids is 1. The van der Waals surface area contributed by atoms with Crippen LogP contribution in [0.3, 0.4) is 0 Å². The molecule has 110 valence electrons. The van der Waals surface area contributed by atoms with Gasteiger partial charge in [-0.15, -0.1) is 5.10 Å². The highest BCUT2D eigenvalue weighted by Crippen LogP contribution is 2.38. The number of nitrogens with zero attached hydrogens (tertiary/aromatic N) is 6. The van der Waals surface area contributed by atoms with Crippen molar-refractivity contribution in [1.82, 2.24) is 25.2 Å². The zero-order valence-corrected chi connectivity index (χ0v) is 12.9. The summed E-state index contributed by atoms with van der Waals surface area (Å²) in [5, 5.41) is 22.0. The third-order valence-corrected chi connectivity index (χ3v) is 4.20. The number of hydrogen-bond acceptors (Lipinski definition) is 9. The molecular weight excluding hydrogens is 368 g/mol. The molecule has 0 radical (unpaired) electrons. The van der Waals surface area contributed by atoms with Crippen molar-refractivity contribution in [2.24, 2.45) is 0 Å². The first-order chi connectivity index (χ1) is 10.0. The van der Waals surface area contributed by atoms with Crippen LogP contribution in [0.15, 0.2) is 26.9 Å². The summed E-state index contributed by atoms with van der Waals surface area (Å²) < 4.78 is 6.14. The lowest BCUT2D eigenvalue weighted by atomic mass is 10.4. The van der Waals surface area contributed by atoms with Gasteiger partial charge >= 0.3 is 11.7 Å². The third-order valence-electron chi connectivity index (χ3n) is 2.23. The SMILES string of the molecule is COC(=O)Cn1nnnc1Sc1c(Br)cncc1[N+](=O)[O-]. The number of aromatic nitrogens is 5. The number of ether oxygens (including phenoxy) is 1. The molecule has 2 aromatic rings. The Hall–Kier alpha value is -2.08. The maximum absolute atomic E-state index is 11.3. The van der Waals surface area contributed by atoms with Crippen LogP contribution in [0.1, 0.15) is 0 Å². The summed E-state index contributed by atoms with van der Waals surface area (Å²) in [5.41, 5.74) is -0.193. The van der Waals surface area contributed by atoms with Crippen LogP contribution in [0.2, 0.25) is 0 Å². The number of tetrazole rings is 1. The Morgan fingerprint density at radius 1 is 1.57 bits per heavy atom. The van der Waals surface area contributed by atoms with Gasteiger partial charge in [0.25, 0.3) is 0 Å². The first kappa shape index (κ1) is 15.3. The van der Waals surface area contributed by atoms with Crippen LogP contribution in [0.25, 0.3) is 0 Å². The lowest BCUT2D eigenvalue weighted by Crippen LogP contribution is -2.13. The van der Waals surface area contributed by atoms with Crippen LogP contribution in [0, 0.1) is 10.1 Å². The molecule has 0 saturated carbocycles. The number of hydrogen-bond donors (Lipinski definition) is 0. The van der Waals surface area contributed by atoms with Gasteiger partial charge in [-0.05, 0) is 38.1 Å². The van der Waals surface area contributed by atoms with E-state index in [2.05, 4.69) is 41.2 Å². The van der Waals surface area contributed by atoms with Crippen LogP contribution in [0.4, 0.5) is 5.69 Å². The fourth-order valence-electron chi connectivity index (χ4n) is 1.29. The molecule has 0 N–H and O–H groups in total. The molecule has 0 aromatic carbocycles. The van der Waals surface area contributed by atoms with Crippen molar-refractivity contribution in [1.29, 1.82) is 0 Å². The van der Waals surface area contributed by atoms with Crippen LogP contribution in [-0.4, -0.2) is 43.2 Å². The Bertz CT molecular complexity index is 693. The fourth-order valence-corrected chi connectivity index (χ4v) is 2.70. The van der Waals surface area contributed by atoms with Crippen molar-refractivity contribution >= 4 is 39.3 Å². The number of carbonyl (C=O) groups is 1. The molecule has 0 saturated heterocycles. The number of pyridine rings is 1. The normalized spacial score (nSPS) is 10.4. The highest BCUT2D eigenvalue weighted by atomic mass is 79.9. The number of rotatable bonds is 5. The van der Waals surface area contributed by atoms with Crippen molar-refractivity contribution in [2.75, 3.05) is 7.11 Å². The predicted octanol–water partition coefficient (Wildman–Crippen LogP) is 1.06. The van der Waals surface area contributed by atoms with Crippen LogP contribution in [-0.2, 0) is 16.1 Å². The monoisotopic (exact) mass is 374 g/mol. The molecule has 2 heterocycles. The van der Waals surface area contributed by atoms with Gasteiger partial charge in [-0.25, -0.2) is 4.68 Å². The molecule has 0 aliphatic heterocycles. The van der Waals surface area contributed by atoms with Gasteiger partial charge in [0.15, 0.2) is 0 Å². The summed E-state index contributed by atoms with van der Waals surface area (Å²) in [5.74, 6) is -0.535. The molecule has 0 aliphatic carbocycles. The molecule has 21 heavy (non-hydrogen) atoms. The summed E-state index contributed by atoms with van der Waals surface area (Å²) in [6, 6.07) is 0. The Kier molecular flexibility index (Phi) is 4.80. The predicted molar refractivity (Wildman–Crippen MR) is 72.5 cm³/mol. The zero-order valence-electron chi connectivity index (χ0n) is 10.5. The maximum Gasteiger partial charge on any atom is 0.327 e. The molecule has 2 aromatic heterocycles. The summed E-state index contributed by atoms with van der Waals surface area (Å²) in [4.78, 5) is 25.7. The van der Waals surface area contributed by atoms with Crippen molar-refractivity contribution < 1.29 is 14.5 Å². The average Bonchev–Trinajstić information content (AvgIpc) is 2.87. The van der Waals surface area contributed by atoms with E-state index >= 15 is 0 Å². The number of methoxy groups -OCH3 is 1. The Morgan fingerprint density at radius 3 is 3.00 bits per heavy atom. The van der Waals surface area contributed by atoms with Crippen molar-refractivity contribution in [3.05, 3.63) is 27.0 Å². The minimum atomic E-state index is -0.561. The van der Waals surface area contributed by atoms with Gasteiger partial charge < -0.3 is 4.74 Å². The standard InChI is InChI=1S/C9H7BrN6O4S/c1-20-7(17)4-15-9(12-13-14-15)21-8-5(10)2-11-3-6(8)16(18)19/h2-3H,4H2,1H3. The quantitative estimate of drug-likeness (QED) is 0.428. The molecular formula is C9H7BrN6O4S. The van der Waals surface area contributed by atoms with Crippen LogP contribution >= 0.6 is 27.7 Å². The van der Waals surface area contributed by atoms with E-state index in [1.54, 1.807) is 0 Å². The summed E-state index contributed by atoms with van der Waals surface area (Å²) in [7, 11) is 1.24. The number of halogens is 1. The van der Waals surface area contributed by atoms with Crippen molar-refractivity contribution in [3.63, 3.8) is 0 Å². The minimum Gasteiger partial charge on any atom is -0.468 e. The second kappa shape index (κ2) is 6.58. The number of nitro groups is 1. The van der Waals surface area contributed by atoms with Crippen LogP contribution in [0.5, 0.6) is 0 Å². The van der Waals surface area contributed by atoms with E-state index in [4.69, 9.17) is 0 Å². The molecule has 0 fully saturated rings. The first-order valence-electron chi connectivity index (χ1n) is 5.31. The third kappa shape index (κ3) is 3.52. The summed E-state index contributed by atoms with van der Waals surface area (Å²) in [6.45, 7) is -0.192. The molecule has 0 bridgehead atoms. The van der Waals surface area contributed by atoms with Gasteiger partial charge in [-0.3, -0.25) is 19.9 Å². The Morgan fingerprint density at radius 2 is 2.33 bits per heavy atom. The van der Waals surface area contributed by atoms with E-state index in [0.717, 1.165) is 18.0 Å². The van der Waals surface area contributed by atoms with Gasteiger partial charge in [0.05, 0.1) is 16.5 Å². The van der Waals surface area contributed by atoms with Crippen molar-refractivity contribution in [3.8, 4) is 0 Å². The lowest BCUT2D eigenvalue weighted by Gasteiger charge is -2.05. The molecule has 10 nitrogen and oxygen atoms in total. The van der Waals surface area contributed by atoms with Gasteiger partial charge in [-0.2, -0.15) is 0 Å². The first-order valence-corrected chi connectivity index (χ1v) is 6.92. The fraction of sp³-hybridized carbons (Fsp3) is 0.222. The Labute approximate surface area is 130 Å². The van der Waals surface area contributed by atoms with Gasteiger partial charge in [0.2, 0.25) is 5.16 Å². The minimum absolute atomic E-state index is 0.192. The van der Waals surface area contributed by atoms with E-state index < -0.39 is 10.9 Å². The number of esters is 1. The molecule has 0 atom stereocenters. The highest BCUT2D eigenvalue weighted by molar-refractivity contribution is 9.10. The molecule has 2 rings (SSSR count). The zero-order chi connectivity index (χ0) is 15.4. The lowest BCUT2D eigenvalue weighted by molar-refractivity contribution is -0.388. The van der Waals surface area contributed by atoms with E-state index in [9.17, 15) is 14.9 Å². The molecule has 0 amide bonds. The smallest absolute Gasteiger partial charge is 0.327 e. The molecule has 0 aliphatic rings. The van der Waals surface area contributed by atoms with Gasteiger partial charge in [0, 0.05) is 6.20 Å². The molecule has 0 unspecified atom stereocenters. The highest BCUT2D eigenvalue weighted by Gasteiger charge is 2.22. The van der Waals surface area contributed by atoms with E-state index in [1.165, 1.54) is 18.0 Å². The van der Waals surface area contributed by atoms with E-state index in [-0.39, 0.29) is 22.3 Å². The largest absolute Gasteiger partial charge is 0.468 e.